The maximum atomic E-state index is 10.6. The van der Waals surface area contributed by atoms with Crippen molar-refractivity contribution < 1.29 is 4.79 Å². The number of fused-ring (bicyclic) bond motifs is 1. The number of carbonyl (C=O) groups is 1. The third-order valence-corrected chi connectivity index (χ3v) is 2.43. The molecule has 3 heteroatoms. The summed E-state index contributed by atoms with van der Waals surface area (Å²) in [6.07, 6.45) is 0.935. The predicted octanol–water partition coefficient (Wildman–Crippen LogP) is 2.05. The van der Waals surface area contributed by atoms with E-state index >= 15 is 0 Å². The summed E-state index contributed by atoms with van der Waals surface area (Å²) in [7, 11) is 0. The molecule has 0 spiro atoms. The quantitative estimate of drug-likeness (QED) is 0.672. The largest absolute Gasteiger partial charge is 0.384 e. The number of benzene rings is 1. The lowest BCUT2D eigenvalue weighted by Gasteiger charge is -2.02. The number of aldehydes is 1. The molecule has 0 saturated heterocycles. The summed E-state index contributed by atoms with van der Waals surface area (Å²) in [5.41, 5.74) is 1.92. The smallest absolute Gasteiger partial charge is 0.129 e. The van der Waals surface area contributed by atoms with Crippen molar-refractivity contribution in [2.75, 3.05) is 11.9 Å². The number of rotatable bonds is 1. The number of halogens is 1. The van der Waals surface area contributed by atoms with Crippen molar-refractivity contribution in [1.82, 2.24) is 0 Å². The van der Waals surface area contributed by atoms with Gasteiger partial charge in [-0.15, -0.1) is 0 Å². The molecule has 0 amide bonds. The van der Waals surface area contributed by atoms with Gasteiger partial charge in [0.2, 0.25) is 0 Å². The molecule has 0 radical (unpaired) electrons. The molecule has 12 heavy (non-hydrogen) atoms. The molecular weight excluding hydrogens is 174 g/mol. The monoisotopic (exact) mass is 181 g/mol. The molecule has 0 aliphatic carbocycles. The lowest BCUT2D eigenvalue weighted by molar-refractivity contribution is -0.108. The van der Waals surface area contributed by atoms with E-state index in [-0.39, 0.29) is 5.92 Å². The van der Waals surface area contributed by atoms with Crippen molar-refractivity contribution in [3.8, 4) is 0 Å². The van der Waals surface area contributed by atoms with Crippen molar-refractivity contribution >= 4 is 23.6 Å². The van der Waals surface area contributed by atoms with Crippen LogP contribution in [-0.2, 0) is 4.79 Å². The Morgan fingerprint density at radius 3 is 3.17 bits per heavy atom. The second-order valence-corrected chi connectivity index (χ2v) is 3.23. The number of hydrogen-bond acceptors (Lipinski definition) is 2. The fourth-order valence-electron chi connectivity index (χ4n) is 1.51. The van der Waals surface area contributed by atoms with Crippen LogP contribution in [0.2, 0.25) is 5.02 Å². The Kier molecular flexibility index (Phi) is 1.77. The van der Waals surface area contributed by atoms with Gasteiger partial charge in [-0.2, -0.15) is 0 Å². The highest BCUT2D eigenvalue weighted by atomic mass is 35.5. The highest BCUT2D eigenvalue weighted by molar-refractivity contribution is 6.32. The zero-order valence-corrected chi connectivity index (χ0v) is 7.14. The molecular formula is C9H8ClNO. The first-order valence-corrected chi connectivity index (χ1v) is 4.18. The van der Waals surface area contributed by atoms with Crippen LogP contribution in [0, 0.1) is 0 Å². The van der Waals surface area contributed by atoms with E-state index in [0.717, 1.165) is 17.5 Å². The standard InChI is InChI=1S/C9H8ClNO/c10-7-2-1-3-8-9(7)6(5-12)4-11-8/h1-3,5-6,11H,4H2. The van der Waals surface area contributed by atoms with Gasteiger partial charge in [0, 0.05) is 22.8 Å². The molecule has 1 heterocycles. The average molecular weight is 182 g/mol. The van der Waals surface area contributed by atoms with Crippen molar-refractivity contribution in [3.05, 3.63) is 28.8 Å². The average Bonchev–Trinajstić information content (AvgIpc) is 2.49. The van der Waals surface area contributed by atoms with E-state index in [1.807, 2.05) is 18.2 Å². The zero-order chi connectivity index (χ0) is 8.55. The molecule has 1 aliphatic rings. The summed E-state index contributed by atoms with van der Waals surface area (Å²) in [5.74, 6) is -0.0753. The van der Waals surface area contributed by atoms with Crippen LogP contribution in [0.5, 0.6) is 0 Å². The summed E-state index contributed by atoms with van der Waals surface area (Å²) in [6.45, 7) is 0.669. The van der Waals surface area contributed by atoms with Gasteiger partial charge in [-0.1, -0.05) is 17.7 Å². The first-order chi connectivity index (χ1) is 5.83. The number of nitrogens with one attached hydrogen (secondary N) is 1. The van der Waals surface area contributed by atoms with E-state index < -0.39 is 0 Å². The van der Waals surface area contributed by atoms with Gasteiger partial charge >= 0.3 is 0 Å². The predicted molar refractivity (Wildman–Crippen MR) is 48.7 cm³/mol. The highest BCUT2D eigenvalue weighted by Crippen LogP contribution is 2.35. The summed E-state index contributed by atoms with van der Waals surface area (Å²) >= 11 is 5.94. The molecule has 1 aromatic rings. The third-order valence-electron chi connectivity index (χ3n) is 2.10. The molecule has 0 fully saturated rings. The van der Waals surface area contributed by atoms with Gasteiger partial charge in [-0.05, 0) is 12.1 Å². The van der Waals surface area contributed by atoms with E-state index in [2.05, 4.69) is 5.32 Å². The highest BCUT2D eigenvalue weighted by Gasteiger charge is 2.23. The summed E-state index contributed by atoms with van der Waals surface area (Å²) in [5, 5.41) is 3.80. The fourth-order valence-corrected chi connectivity index (χ4v) is 1.82. The van der Waals surface area contributed by atoms with Crippen LogP contribution in [0.4, 0.5) is 5.69 Å². The topological polar surface area (TPSA) is 29.1 Å². The fraction of sp³-hybridized carbons (Fsp3) is 0.222. The van der Waals surface area contributed by atoms with E-state index in [1.165, 1.54) is 0 Å². The van der Waals surface area contributed by atoms with Crippen LogP contribution in [0.15, 0.2) is 18.2 Å². The summed E-state index contributed by atoms with van der Waals surface area (Å²) in [6, 6.07) is 5.62. The Bertz CT molecular complexity index is 324. The minimum Gasteiger partial charge on any atom is -0.384 e. The van der Waals surface area contributed by atoms with Crippen molar-refractivity contribution in [3.63, 3.8) is 0 Å². The first kappa shape index (κ1) is 7.62. The van der Waals surface area contributed by atoms with E-state index in [1.54, 1.807) is 0 Å². The molecule has 1 N–H and O–H groups in total. The Labute approximate surface area is 75.5 Å². The lowest BCUT2D eigenvalue weighted by Crippen LogP contribution is -2.02. The van der Waals surface area contributed by atoms with Crippen LogP contribution < -0.4 is 5.32 Å². The Hall–Kier alpha value is -1.02. The normalized spacial score (nSPS) is 19.9. The minimum absolute atomic E-state index is 0.0753. The Balaban J connectivity index is 2.55. The molecule has 0 aromatic heterocycles. The van der Waals surface area contributed by atoms with E-state index in [9.17, 15) is 4.79 Å². The van der Waals surface area contributed by atoms with Crippen LogP contribution in [0.3, 0.4) is 0 Å². The SMILES string of the molecule is O=CC1CNc2cccc(Cl)c21. The van der Waals surface area contributed by atoms with Gasteiger partial charge in [0.05, 0.1) is 5.92 Å². The molecule has 1 aromatic carbocycles. The zero-order valence-electron chi connectivity index (χ0n) is 6.38. The van der Waals surface area contributed by atoms with Gasteiger partial charge in [-0.25, -0.2) is 0 Å². The van der Waals surface area contributed by atoms with Gasteiger partial charge < -0.3 is 10.1 Å². The van der Waals surface area contributed by atoms with Crippen molar-refractivity contribution in [2.24, 2.45) is 0 Å². The number of hydrogen-bond donors (Lipinski definition) is 1. The van der Waals surface area contributed by atoms with Crippen LogP contribution in [0.1, 0.15) is 11.5 Å². The second-order valence-electron chi connectivity index (χ2n) is 2.82. The molecule has 1 atom stereocenters. The van der Waals surface area contributed by atoms with E-state index in [0.29, 0.717) is 11.6 Å². The van der Waals surface area contributed by atoms with Crippen LogP contribution in [0.25, 0.3) is 0 Å². The Morgan fingerprint density at radius 2 is 2.42 bits per heavy atom. The molecule has 2 nitrogen and oxygen atoms in total. The summed E-state index contributed by atoms with van der Waals surface area (Å²) < 4.78 is 0. The van der Waals surface area contributed by atoms with Gasteiger partial charge in [0.1, 0.15) is 6.29 Å². The number of carbonyl (C=O) groups excluding carboxylic acids is 1. The van der Waals surface area contributed by atoms with Crippen LogP contribution >= 0.6 is 11.6 Å². The maximum Gasteiger partial charge on any atom is 0.129 e. The second kappa shape index (κ2) is 2.79. The minimum atomic E-state index is -0.0753. The third kappa shape index (κ3) is 0.994. The van der Waals surface area contributed by atoms with E-state index in [4.69, 9.17) is 11.6 Å². The van der Waals surface area contributed by atoms with Crippen LogP contribution in [-0.4, -0.2) is 12.8 Å². The molecule has 62 valence electrons. The molecule has 0 bridgehead atoms. The Morgan fingerprint density at radius 1 is 1.58 bits per heavy atom. The molecule has 0 saturated carbocycles. The summed E-state index contributed by atoms with van der Waals surface area (Å²) in [4.78, 5) is 10.6. The molecule has 1 unspecified atom stereocenters. The molecule has 2 rings (SSSR count). The van der Waals surface area contributed by atoms with Crippen molar-refractivity contribution in [2.45, 2.75) is 5.92 Å². The van der Waals surface area contributed by atoms with Gasteiger partial charge in [-0.3, -0.25) is 0 Å². The first-order valence-electron chi connectivity index (χ1n) is 3.80. The number of anilines is 1. The van der Waals surface area contributed by atoms with Gasteiger partial charge in [0.15, 0.2) is 0 Å². The van der Waals surface area contributed by atoms with Gasteiger partial charge in [0.25, 0.3) is 0 Å². The molecule has 1 aliphatic heterocycles. The maximum absolute atomic E-state index is 10.6. The van der Waals surface area contributed by atoms with Crippen molar-refractivity contribution in [1.29, 1.82) is 0 Å². The lowest BCUT2D eigenvalue weighted by atomic mass is 10.0.